The number of hydrogen-bond donors (Lipinski definition) is 0. The Morgan fingerprint density at radius 1 is 0.933 bits per heavy atom. The van der Waals surface area contributed by atoms with Crippen LogP contribution in [0.1, 0.15) is 24.8 Å². The lowest BCUT2D eigenvalue weighted by Crippen LogP contribution is -2.00. The van der Waals surface area contributed by atoms with Crippen LogP contribution in [0.3, 0.4) is 0 Å². The number of hydrogen-bond acceptors (Lipinski definition) is 1. The lowest BCUT2D eigenvalue weighted by atomic mass is 10.2. The Balaban J connectivity index is 1.93. The van der Waals surface area contributed by atoms with Gasteiger partial charge in [0, 0.05) is 11.9 Å². The molecule has 84 valence electrons. The monoisotopic (exact) mass is 270 g/mol. The molecule has 0 aliphatic carbocycles. The Labute approximate surface area is 101 Å². The molecule has 1 rings (SSSR count). The third-order valence-corrected chi connectivity index (χ3v) is 2.86. The van der Waals surface area contributed by atoms with Gasteiger partial charge < -0.3 is 4.74 Å². The molecule has 0 aliphatic rings. The van der Waals surface area contributed by atoms with Crippen molar-refractivity contribution < 1.29 is 4.74 Å². The molecule has 0 unspecified atom stereocenters. The largest absolute Gasteiger partial charge is 0.381 e. The predicted molar refractivity (Wildman–Crippen MR) is 68.6 cm³/mol. The van der Waals surface area contributed by atoms with E-state index in [-0.39, 0.29) is 0 Å². The molecule has 0 bridgehead atoms. The first-order valence-corrected chi connectivity index (χ1v) is 6.73. The third-order valence-electron chi connectivity index (χ3n) is 2.30. The molecule has 1 aromatic rings. The fourth-order valence-electron chi connectivity index (χ4n) is 1.41. The fraction of sp³-hybridized carbons (Fsp3) is 0.538. The van der Waals surface area contributed by atoms with Crippen molar-refractivity contribution >= 4 is 15.9 Å². The van der Waals surface area contributed by atoms with Gasteiger partial charge in [0.1, 0.15) is 0 Å². The zero-order valence-corrected chi connectivity index (χ0v) is 10.7. The summed E-state index contributed by atoms with van der Waals surface area (Å²) in [5.41, 5.74) is 1.36. The number of alkyl halides is 1. The van der Waals surface area contributed by atoms with Gasteiger partial charge in [-0.05, 0) is 24.8 Å². The molecule has 15 heavy (non-hydrogen) atoms. The van der Waals surface area contributed by atoms with Crippen LogP contribution in [0, 0.1) is 0 Å². The van der Waals surface area contributed by atoms with Crippen molar-refractivity contribution in [1.29, 1.82) is 0 Å². The fourth-order valence-corrected chi connectivity index (χ4v) is 1.81. The molecule has 0 saturated heterocycles. The highest BCUT2D eigenvalue weighted by atomic mass is 79.9. The van der Waals surface area contributed by atoms with E-state index >= 15 is 0 Å². The Kier molecular flexibility index (Phi) is 7.58. The van der Waals surface area contributed by atoms with Gasteiger partial charge in [0.25, 0.3) is 0 Å². The maximum atomic E-state index is 5.57. The van der Waals surface area contributed by atoms with E-state index in [2.05, 4.69) is 40.2 Å². The van der Waals surface area contributed by atoms with Crippen molar-refractivity contribution in [3.8, 4) is 0 Å². The van der Waals surface area contributed by atoms with Gasteiger partial charge in [-0.2, -0.15) is 0 Å². The van der Waals surface area contributed by atoms with E-state index in [1.807, 2.05) is 6.07 Å². The van der Waals surface area contributed by atoms with Gasteiger partial charge in [0.15, 0.2) is 0 Å². The van der Waals surface area contributed by atoms with Crippen molar-refractivity contribution in [2.24, 2.45) is 0 Å². The Morgan fingerprint density at radius 3 is 2.47 bits per heavy atom. The highest BCUT2D eigenvalue weighted by molar-refractivity contribution is 9.09. The SMILES string of the molecule is BrCCCCCOCCc1ccccc1. The number of benzene rings is 1. The molecule has 0 radical (unpaired) electrons. The molecular weight excluding hydrogens is 252 g/mol. The number of rotatable bonds is 8. The van der Waals surface area contributed by atoms with Crippen LogP contribution in [0.15, 0.2) is 30.3 Å². The summed E-state index contributed by atoms with van der Waals surface area (Å²) < 4.78 is 5.57. The maximum Gasteiger partial charge on any atom is 0.0506 e. The molecule has 0 fully saturated rings. The minimum atomic E-state index is 0.846. The van der Waals surface area contributed by atoms with Crippen molar-refractivity contribution in [1.82, 2.24) is 0 Å². The van der Waals surface area contributed by atoms with Crippen LogP contribution < -0.4 is 0 Å². The molecule has 0 heterocycles. The van der Waals surface area contributed by atoms with Crippen molar-refractivity contribution in [3.05, 3.63) is 35.9 Å². The van der Waals surface area contributed by atoms with Crippen LogP contribution in [-0.4, -0.2) is 18.5 Å². The number of halogens is 1. The van der Waals surface area contributed by atoms with E-state index in [1.165, 1.54) is 24.8 Å². The molecule has 0 aromatic heterocycles. The van der Waals surface area contributed by atoms with E-state index in [0.29, 0.717) is 0 Å². The van der Waals surface area contributed by atoms with Crippen LogP contribution in [0.2, 0.25) is 0 Å². The first-order valence-electron chi connectivity index (χ1n) is 5.61. The lowest BCUT2D eigenvalue weighted by molar-refractivity contribution is 0.133. The molecule has 0 amide bonds. The third kappa shape index (κ3) is 6.69. The van der Waals surface area contributed by atoms with Crippen molar-refractivity contribution in [3.63, 3.8) is 0 Å². The predicted octanol–water partition coefficient (Wildman–Crippen LogP) is 3.81. The second-order valence-corrected chi connectivity index (χ2v) is 4.39. The standard InChI is InChI=1S/C13H19BrO/c14-10-5-2-6-11-15-12-9-13-7-3-1-4-8-13/h1,3-4,7-8H,2,5-6,9-12H2. The van der Waals surface area contributed by atoms with Gasteiger partial charge in [0.05, 0.1) is 6.61 Å². The Hall–Kier alpha value is -0.340. The Morgan fingerprint density at radius 2 is 1.73 bits per heavy atom. The first-order chi connectivity index (χ1) is 7.43. The van der Waals surface area contributed by atoms with Gasteiger partial charge in [-0.3, -0.25) is 0 Å². The van der Waals surface area contributed by atoms with Gasteiger partial charge in [-0.1, -0.05) is 52.7 Å². The van der Waals surface area contributed by atoms with Crippen LogP contribution in [0.4, 0.5) is 0 Å². The van der Waals surface area contributed by atoms with Gasteiger partial charge in [0.2, 0.25) is 0 Å². The van der Waals surface area contributed by atoms with Crippen LogP contribution in [0.5, 0.6) is 0 Å². The average Bonchev–Trinajstić information content (AvgIpc) is 2.29. The molecule has 0 spiro atoms. The van der Waals surface area contributed by atoms with Crippen LogP contribution >= 0.6 is 15.9 Å². The molecule has 0 N–H and O–H groups in total. The molecule has 1 nitrogen and oxygen atoms in total. The molecule has 2 heteroatoms. The number of unbranched alkanes of at least 4 members (excludes halogenated alkanes) is 2. The quantitative estimate of drug-likeness (QED) is 0.516. The second-order valence-electron chi connectivity index (χ2n) is 3.60. The average molecular weight is 271 g/mol. The maximum absolute atomic E-state index is 5.57. The summed E-state index contributed by atoms with van der Waals surface area (Å²) in [7, 11) is 0. The minimum absolute atomic E-state index is 0.846. The van der Waals surface area contributed by atoms with Gasteiger partial charge in [-0.25, -0.2) is 0 Å². The van der Waals surface area contributed by atoms with E-state index < -0.39 is 0 Å². The molecule has 0 atom stereocenters. The molecule has 0 aliphatic heterocycles. The van der Waals surface area contributed by atoms with E-state index in [1.54, 1.807) is 0 Å². The first kappa shape index (κ1) is 12.7. The summed E-state index contributed by atoms with van der Waals surface area (Å²) in [6.45, 7) is 1.75. The van der Waals surface area contributed by atoms with Crippen LogP contribution in [-0.2, 0) is 11.2 Å². The van der Waals surface area contributed by atoms with Crippen molar-refractivity contribution in [2.75, 3.05) is 18.5 Å². The normalized spacial score (nSPS) is 10.5. The summed E-state index contributed by atoms with van der Waals surface area (Å²) in [4.78, 5) is 0. The molecule has 0 saturated carbocycles. The highest BCUT2D eigenvalue weighted by Gasteiger charge is 1.92. The topological polar surface area (TPSA) is 9.23 Å². The molecule has 1 aromatic carbocycles. The smallest absolute Gasteiger partial charge is 0.0506 e. The van der Waals surface area contributed by atoms with E-state index in [0.717, 1.165) is 25.0 Å². The Bertz CT molecular complexity index is 236. The van der Waals surface area contributed by atoms with Crippen LogP contribution in [0.25, 0.3) is 0 Å². The van der Waals surface area contributed by atoms with E-state index in [4.69, 9.17) is 4.74 Å². The lowest BCUT2D eigenvalue weighted by Gasteiger charge is -2.03. The summed E-state index contributed by atoms with van der Waals surface area (Å²) >= 11 is 3.42. The zero-order valence-electron chi connectivity index (χ0n) is 9.12. The minimum Gasteiger partial charge on any atom is -0.381 e. The van der Waals surface area contributed by atoms with E-state index in [9.17, 15) is 0 Å². The highest BCUT2D eigenvalue weighted by Crippen LogP contribution is 2.01. The number of ether oxygens (including phenoxy) is 1. The molecular formula is C13H19BrO. The summed E-state index contributed by atoms with van der Waals surface area (Å²) in [5.74, 6) is 0. The van der Waals surface area contributed by atoms with Gasteiger partial charge >= 0.3 is 0 Å². The zero-order chi connectivity index (χ0) is 10.8. The second kappa shape index (κ2) is 8.93. The summed E-state index contributed by atoms with van der Waals surface area (Å²) in [5, 5.41) is 1.11. The van der Waals surface area contributed by atoms with Crippen molar-refractivity contribution in [2.45, 2.75) is 25.7 Å². The van der Waals surface area contributed by atoms with Gasteiger partial charge in [-0.15, -0.1) is 0 Å². The summed E-state index contributed by atoms with van der Waals surface area (Å²) in [6.07, 6.45) is 4.72. The summed E-state index contributed by atoms with van der Waals surface area (Å²) in [6, 6.07) is 10.5.